The zero-order valence-electron chi connectivity index (χ0n) is 11.1. The van der Waals surface area contributed by atoms with Crippen LogP contribution in [0.25, 0.3) is 11.2 Å². The maximum atomic E-state index is 5.94. The zero-order chi connectivity index (χ0) is 13.7. The van der Waals surface area contributed by atoms with Crippen molar-refractivity contribution in [1.82, 2.24) is 19.5 Å². The Bertz CT molecular complexity index is 544. The molecule has 0 aliphatic rings. The number of fused-ring (bicyclic) bond motifs is 1. The first-order chi connectivity index (χ1) is 9.31. The summed E-state index contributed by atoms with van der Waals surface area (Å²) < 4.78 is 12.5. The molecule has 0 aliphatic carbocycles. The fourth-order valence-electron chi connectivity index (χ4n) is 1.92. The van der Waals surface area contributed by atoms with Gasteiger partial charge in [0.25, 0.3) is 0 Å². The first-order valence-corrected chi connectivity index (χ1v) is 6.73. The molecule has 0 bridgehead atoms. The van der Waals surface area contributed by atoms with E-state index >= 15 is 0 Å². The van der Waals surface area contributed by atoms with Crippen LogP contribution in [0.1, 0.15) is 19.2 Å². The van der Waals surface area contributed by atoms with Crippen molar-refractivity contribution in [2.75, 3.05) is 20.3 Å². The lowest BCUT2D eigenvalue weighted by Gasteiger charge is -2.07. The van der Waals surface area contributed by atoms with E-state index in [0.29, 0.717) is 23.9 Å². The van der Waals surface area contributed by atoms with Gasteiger partial charge in [0.15, 0.2) is 11.2 Å². The van der Waals surface area contributed by atoms with Gasteiger partial charge in [-0.3, -0.25) is 0 Å². The van der Waals surface area contributed by atoms with E-state index in [-0.39, 0.29) is 0 Å². The van der Waals surface area contributed by atoms with Gasteiger partial charge in [0.1, 0.15) is 12.2 Å². The van der Waals surface area contributed by atoms with Crippen LogP contribution in [-0.2, 0) is 17.2 Å². The average Bonchev–Trinajstić information content (AvgIpc) is 2.81. The molecule has 2 heterocycles. The monoisotopic (exact) mass is 284 g/mol. The number of hydrogen-bond donors (Lipinski definition) is 0. The summed E-state index contributed by atoms with van der Waals surface area (Å²) in [6.45, 7) is 4.18. The van der Waals surface area contributed by atoms with E-state index in [2.05, 4.69) is 15.0 Å². The van der Waals surface area contributed by atoms with Crippen LogP contribution >= 0.6 is 11.6 Å². The highest BCUT2D eigenvalue weighted by atomic mass is 35.5. The molecule has 0 spiro atoms. The summed E-state index contributed by atoms with van der Waals surface area (Å²) in [5, 5.41) is 0. The largest absolute Gasteiger partial charge is 0.479 e. The molecule has 104 valence electrons. The van der Waals surface area contributed by atoms with Crippen molar-refractivity contribution in [2.24, 2.45) is 0 Å². The van der Waals surface area contributed by atoms with E-state index in [0.717, 1.165) is 31.0 Å². The smallest absolute Gasteiger partial charge is 0.245 e. The molecule has 0 atom stereocenters. The normalized spacial score (nSPS) is 11.1. The molecule has 0 aromatic carbocycles. The van der Waals surface area contributed by atoms with Crippen LogP contribution in [-0.4, -0.2) is 39.8 Å². The highest BCUT2D eigenvalue weighted by Gasteiger charge is 2.15. The molecule has 19 heavy (non-hydrogen) atoms. The number of rotatable bonds is 7. The molecule has 2 rings (SSSR count). The van der Waals surface area contributed by atoms with Gasteiger partial charge in [-0.25, -0.2) is 9.97 Å². The number of halogens is 1. The quantitative estimate of drug-likeness (QED) is 0.575. The molecule has 2 aromatic heterocycles. The Morgan fingerprint density at radius 2 is 2.21 bits per heavy atom. The minimum atomic E-state index is 0.328. The van der Waals surface area contributed by atoms with Gasteiger partial charge in [-0.1, -0.05) is 0 Å². The third kappa shape index (κ3) is 2.96. The summed E-state index contributed by atoms with van der Waals surface area (Å²) in [4.78, 5) is 12.8. The Balaban J connectivity index is 2.30. The molecular weight excluding hydrogens is 268 g/mol. The van der Waals surface area contributed by atoms with Gasteiger partial charge in [-0.2, -0.15) is 4.98 Å². The second kappa shape index (κ2) is 6.68. The van der Waals surface area contributed by atoms with E-state index < -0.39 is 0 Å². The van der Waals surface area contributed by atoms with Crippen LogP contribution in [0.5, 0.6) is 5.88 Å². The van der Waals surface area contributed by atoms with Gasteiger partial charge >= 0.3 is 0 Å². The van der Waals surface area contributed by atoms with Crippen LogP contribution in [0, 0.1) is 0 Å². The lowest BCUT2D eigenvalue weighted by molar-refractivity contribution is 0.141. The molecule has 0 saturated heterocycles. The van der Waals surface area contributed by atoms with Crippen molar-refractivity contribution in [3.63, 3.8) is 0 Å². The molecule has 0 unspecified atom stereocenters. The second-order valence-electron chi connectivity index (χ2n) is 3.92. The van der Waals surface area contributed by atoms with Crippen LogP contribution in [0.15, 0.2) is 6.33 Å². The summed E-state index contributed by atoms with van der Waals surface area (Å²) in [6.07, 6.45) is 2.36. The maximum absolute atomic E-state index is 5.94. The molecule has 0 fully saturated rings. The lowest BCUT2D eigenvalue weighted by atomic mass is 10.4. The topological polar surface area (TPSA) is 62.1 Å². The van der Waals surface area contributed by atoms with E-state index in [1.807, 2.05) is 11.5 Å². The van der Waals surface area contributed by atoms with Crippen LogP contribution < -0.4 is 4.74 Å². The Labute approximate surface area is 116 Å². The summed E-state index contributed by atoms with van der Waals surface area (Å²) >= 11 is 5.94. The predicted octanol–water partition coefficient (Wildman–Crippen LogP) is 2.00. The van der Waals surface area contributed by atoms with Gasteiger partial charge in [0, 0.05) is 19.8 Å². The number of nitrogens with zero attached hydrogens (tertiary/aromatic N) is 4. The first kappa shape index (κ1) is 14.0. The van der Waals surface area contributed by atoms with E-state index in [1.54, 1.807) is 7.11 Å². The molecule has 0 amide bonds. The molecule has 0 radical (unpaired) electrons. The third-order valence-corrected chi connectivity index (χ3v) is 3.00. The molecule has 0 aliphatic heterocycles. The van der Waals surface area contributed by atoms with Crippen molar-refractivity contribution >= 4 is 22.8 Å². The van der Waals surface area contributed by atoms with Gasteiger partial charge in [0.2, 0.25) is 5.88 Å². The maximum Gasteiger partial charge on any atom is 0.245 e. The van der Waals surface area contributed by atoms with Crippen molar-refractivity contribution in [3.05, 3.63) is 12.2 Å². The number of aromatic nitrogens is 4. The Morgan fingerprint density at radius 1 is 1.37 bits per heavy atom. The van der Waals surface area contributed by atoms with Crippen molar-refractivity contribution < 1.29 is 9.47 Å². The Hall–Kier alpha value is -1.40. The number of hydrogen-bond acceptors (Lipinski definition) is 5. The van der Waals surface area contributed by atoms with Gasteiger partial charge in [-0.05, 0) is 13.3 Å². The van der Waals surface area contributed by atoms with Crippen LogP contribution in [0.4, 0.5) is 0 Å². The van der Waals surface area contributed by atoms with E-state index in [1.165, 1.54) is 6.33 Å². The predicted molar refractivity (Wildman–Crippen MR) is 72.5 cm³/mol. The molecule has 0 saturated carbocycles. The van der Waals surface area contributed by atoms with Crippen molar-refractivity contribution in [3.8, 4) is 5.88 Å². The standard InChI is InChI=1S/C12H17ClN4O2/c1-3-19-6-4-5-17-9(7-13)16-10-11(17)14-8-15-12(10)18-2/h8H,3-7H2,1-2H3. The number of alkyl halides is 1. The van der Waals surface area contributed by atoms with E-state index in [4.69, 9.17) is 21.1 Å². The Kier molecular flexibility index (Phi) is 4.93. The van der Waals surface area contributed by atoms with Gasteiger partial charge in [-0.15, -0.1) is 11.6 Å². The average molecular weight is 285 g/mol. The summed E-state index contributed by atoms with van der Waals surface area (Å²) in [5.74, 6) is 1.57. The summed E-state index contributed by atoms with van der Waals surface area (Å²) in [7, 11) is 1.57. The molecule has 0 N–H and O–H groups in total. The molecule has 6 nitrogen and oxygen atoms in total. The SMILES string of the molecule is CCOCCCn1c(CCl)nc2c(OC)ncnc21. The first-order valence-electron chi connectivity index (χ1n) is 6.19. The second-order valence-corrected chi connectivity index (χ2v) is 4.19. The fourth-order valence-corrected chi connectivity index (χ4v) is 2.12. The van der Waals surface area contributed by atoms with Gasteiger partial charge < -0.3 is 14.0 Å². The number of methoxy groups -OCH3 is 1. The number of aryl methyl sites for hydroxylation is 1. The highest BCUT2D eigenvalue weighted by Crippen LogP contribution is 2.22. The molecule has 2 aromatic rings. The van der Waals surface area contributed by atoms with Crippen LogP contribution in [0.2, 0.25) is 0 Å². The fraction of sp³-hybridized carbons (Fsp3) is 0.583. The van der Waals surface area contributed by atoms with Crippen molar-refractivity contribution in [1.29, 1.82) is 0 Å². The van der Waals surface area contributed by atoms with Crippen LogP contribution in [0.3, 0.4) is 0 Å². The van der Waals surface area contributed by atoms with E-state index in [9.17, 15) is 0 Å². The van der Waals surface area contributed by atoms with Gasteiger partial charge in [0.05, 0.1) is 13.0 Å². The molecule has 7 heteroatoms. The summed E-state index contributed by atoms with van der Waals surface area (Å²) in [6, 6.07) is 0. The number of imidazole rings is 1. The molecular formula is C12H17ClN4O2. The number of ether oxygens (including phenoxy) is 2. The minimum absolute atomic E-state index is 0.328. The lowest BCUT2D eigenvalue weighted by Crippen LogP contribution is -2.06. The Morgan fingerprint density at radius 3 is 2.89 bits per heavy atom. The van der Waals surface area contributed by atoms with Crippen molar-refractivity contribution in [2.45, 2.75) is 25.8 Å². The minimum Gasteiger partial charge on any atom is -0.479 e. The summed E-state index contributed by atoms with van der Waals surface area (Å²) in [5.41, 5.74) is 1.40. The zero-order valence-corrected chi connectivity index (χ0v) is 11.9. The third-order valence-electron chi connectivity index (χ3n) is 2.76. The highest BCUT2D eigenvalue weighted by molar-refractivity contribution is 6.16.